The van der Waals surface area contributed by atoms with E-state index in [0.717, 1.165) is 0 Å². The lowest BCUT2D eigenvalue weighted by Gasteiger charge is -2.03. The Labute approximate surface area is 124 Å². The van der Waals surface area contributed by atoms with Gasteiger partial charge in [0.1, 0.15) is 0 Å². The lowest BCUT2D eigenvalue weighted by atomic mass is 10.5. The number of H-pyrrole nitrogens is 1. The van der Waals surface area contributed by atoms with Gasteiger partial charge >= 0.3 is 5.69 Å². The molecule has 0 saturated heterocycles. The Hall–Kier alpha value is -1.47. The Bertz CT molecular complexity index is 783. The summed E-state index contributed by atoms with van der Waals surface area (Å²) in [6.45, 7) is 4.33. The molecule has 0 fully saturated rings. The number of aryl methyl sites for hydroxylation is 2. The van der Waals surface area contributed by atoms with Gasteiger partial charge in [0.15, 0.2) is 16.3 Å². The molecule has 0 aliphatic carbocycles. The number of rotatable bonds is 4. The Morgan fingerprint density at radius 3 is 2.80 bits per heavy atom. The zero-order valence-electron chi connectivity index (χ0n) is 11.4. The van der Waals surface area contributed by atoms with E-state index >= 15 is 0 Å². The number of thioether (sulfide) groups is 1. The molecule has 0 saturated carbocycles. The van der Waals surface area contributed by atoms with Gasteiger partial charge in [0.05, 0.1) is 0 Å². The molecule has 108 valence electrons. The predicted octanol–water partition coefficient (Wildman–Crippen LogP) is 1.68. The maximum Gasteiger partial charge on any atom is 0.329 e. The van der Waals surface area contributed by atoms with Crippen molar-refractivity contribution in [3.8, 4) is 0 Å². The fourth-order valence-corrected chi connectivity index (χ4v) is 3.03. The van der Waals surface area contributed by atoms with Crippen molar-refractivity contribution in [2.75, 3.05) is 5.75 Å². The lowest BCUT2D eigenvalue weighted by Crippen LogP contribution is -2.29. The van der Waals surface area contributed by atoms with Crippen LogP contribution in [0.5, 0.6) is 0 Å². The standard InChI is InChI=1S/C12H15ClN4O2S/c1-4-17-8-9(16(3)11(19)15-10(8)18)14-12(17)20-6-5-7(2)13/h5H,4,6H2,1-3H3,(H,15,18,19)/b7-5+. The van der Waals surface area contributed by atoms with Gasteiger partial charge in [-0.25, -0.2) is 9.78 Å². The van der Waals surface area contributed by atoms with Crippen molar-refractivity contribution in [2.45, 2.75) is 25.5 Å². The van der Waals surface area contributed by atoms with Gasteiger partial charge in [-0.2, -0.15) is 0 Å². The molecule has 0 unspecified atom stereocenters. The summed E-state index contributed by atoms with van der Waals surface area (Å²) in [6, 6.07) is 0. The molecule has 0 amide bonds. The zero-order chi connectivity index (χ0) is 14.9. The van der Waals surface area contributed by atoms with Crippen LogP contribution in [0.15, 0.2) is 25.9 Å². The fourth-order valence-electron chi connectivity index (χ4n) is 1.85. The van der Waals surface area contributed by atoms with E-state index in [0.29, 0.717) is 33.7 Å². The first-order valence-electron chi connectivity index (χ1n) is 6.10. The minimum absolute atomic E-state index is 0.398. The zero-order valence-corrected chi connectivity index (χ0v) is 13.0. The van der Waals surface area contributed by atoms with Gasteiger partial charge in [0.2, 0.25) is 0 Å². The summed E-state index contributed by atoms with van der Waals surface area (Å²) in [6.07, 6.45) is 1.87. The molecule has 2 aromatic heterocycles. The molecular formula is C12H15ClN4O2S. The van der Waals surface area contributed by atoms with Crippen LogP contribution in [0, 0.1) is 0 Å². The molecular weight excluding hydrogens is 300 g/mol. The molecule has 8 heteroatoms. The van der Waals surface area contributed by atoms with Crippen molar-refractivity contribution < 1.29 is 0 Å². The van der Waals surface area contributed by atoms with E-state index in [9.17, 15) is 9.59 Å². The molecule has 0 aromatic carbocycles. The SMILES string of the molecule is CCn1c(SC/C=C(\C)Cl)nc2c1c(=O)[nH]c(=O)n2C. The van der Waals surface area contributed by atoms with E-state index in [-0.39, 0.29) is 0 Å². The maximum absolute atomic E-state index is 12.0. The van der Waals surface area contributed by atoms with Crippen molar-refractivity contribution in [3.05, 3.63) is 31.9 Å². The van der Waals surface area contributed by atoms with Gasteiger partial charge in [-0.05, 0) is 13.8 Å². The molecule has 1 N–H and O–H groups in total. The van der Waals surface area contributed by atoms with Crippen LogP contribution in [0.25, 0.3) is 11.2 Å². The highest BCUT2D eigenvalue weighted by atomic mass is 35.5. The highest BCUT2D eigenvalue weighted by Gasteiger charge is 2.16. The monoisotopic (exact) mass is 314 g/mol. The Kier molecular flexibility index (Phi) is 4.39. The summed E-state index contributed by atoms with van der Waals surface area (Å²) < 4.78 is 3.14. The van der Waals surface area contributed by atoms with Crippen LogP contribution < -0.4 is 11.2 Å². The largest absolute Gasteiger partial charge is 0.329 e. The molecule has 20 heavy (non-hydrogen) atoms. The topological polar surface area (TPSA) is 72.7 Å². The molecule has 0 radical (unpaired) electrons. The summed E-state index contributed by atoms with van der Waals surface area (Å²) in [7, 11) is 1.59. The van der Waals surface area contributed by atoms with E-state index in [1.165, 1.54) is 16.3 Å². The smallest absolute Gasteiger partial charge is 0.313 e. The molecule has 0 aliphatic rings. The molecule has 0 aliphatic heterocycles. The van der Waals surface area contributed by atoms with Gasteiger partial charge < -0.3 is 4.57 Å². The van der Waals surface area contributed by atoms with Crippen LogP contribution in [0.2, 0.25) is 0 Å². The number of fused-ring (bicyclic) bond motifs is 1. The molecule has 0 spiro atoms. The lowest BCUT2D eigenvalue weighted by molar-refractivity contribution is 0.700. The Morgan fingerprint density at radius 1 is 1.50 bits per heavy atom. The van der Waals surface area contributed by atoms with Crippen LogP contribution in [0.1, 0.15) is 13.8 Å². The number of halogens is 1. The number of nitrogens with zero attached hydrogens (tertiary/aromatic N) is 3. The quantitative estimate of drug-likeness (QED) is 0.871. The highest BCUT2D eigenvalue weighted by molar-refractivity contribution is 7.99. The third-order valence-electron chi connectivity index (χ3n) is 2.87. The van der Waals surface area contributed by atoms with E-state index < -0.39 is 11.2 Å². The van der Waals surface area contributed by atoms with Crippen LogP contribution in [0.4, 0.5) is 0 Å². The molecule has 2 rings (SSSR count). The summed E-state index contributed by atoms with van der Waals surface area (Å²) in [5.74, 6) is 0.657. The second kappa shape index (κ2) is 5.88. The molecule has 0 bridgehead atoms. The van der Waals surface area contributed by atoms with Crippen molar-refractivity contribution in [1.29, 1.82) is 0 Å². The minimum Gasteiger partial charge on any atom is -0.313 e. The summed E-state index contributed by atoms with van der Waals surface area (Å²) >= 11 is 7.26. The average Bonchev–Trinajstić information content (AvgIpc) is 2.75. The van der Waals surface area contributed by atoms with Crippen molar-refractivity contribution >= 4 is 34.5 Å². The summed E-state index contributed by atoms with van der Waals surface area (Å²) in [4.78, 5) is 30.2. The molecule has 2 heterocycles. The van der Waals surface area contributed by atoms with Gasteiger partial charge in [-0.1, -0.05) is 29.4 Å². The second-order valence-electron chi connectivity index (χ2n) is 4.23. The maximum atomic E-state index is 12.0. The average molecular weight is 315 g/mol. The van der Waals surface area contributed by atoms with E-state index in [1.54, 1.807) is 18.5 Å². The van der Waals surface area contributed by atoms with Gasteiger partial charge in [0, 0.05) is 24.4 Å². The van der Waals surface area contributed by atoms with E-state index in [4.69, 9.17) is 11.6 Å². The van der Waals surface area contributed by atoms with Crippen molar-refractivity contribution in [1.82, 2.24) is 19.1 Å². The minimum atomic E-state index is -0.462. The number of nitrogens with one attached hydrogen (secondary N) is 1. The predicted molar refractivity (Wildman–Crippen MR) is 81.6 cm³/mol. The fraction of sp³-hybridized carbons (Fsp3) is 0.417. The summed E-state index contributed by atoms with van der Waals surface area (Å²) in [5, 5.41) is 1.41. The number of imidazole rings is 1. The Balaban J connectivity index is 2.59. The second-order valence-corrected chi connectivity index (χ2v) is 5.81. The first-order chi connectivity index (χ1) is 9.45. The summed E-state index contributed by atoms with van der Waals surface area (Å²) in [5.41, 5.74) is -0.0528. The van der Waals surface area contributed by atoms with Crippen molar-refractivity contribution in [3.63, 3.8) is 0 Å². The normalized spacial score (nSPS) is 12.3. The first-order valence-corrected chi connectivity index (χ1v) is 7.46. The number of hydrogen-bond acceptors (Lipinski definition) is 4. The van der Waals surface area contributed by atoms with Gasteiger partial charge in [-0.3, -0.25) is 14.3 Å². The van der Waals surface area contributed by atoms with Crippen LogP contribution in [-0.2, 0) is 13.6 Å². The number of aromatic nitrogens is 4. The van der Waals surface area contributed by atoms with Gasteiger partial charge in [-0.15, -0.1) is 0 Å². The number of hydrogen-bond donors (Lipinski definition) is 1. The molecule has 2 aromatic rings. The molecule has 6 nitrogen and oxygen atoms in total. The van der Waals surface area contributed by atoms with Crippen LogP contribution >= 0.6 is 23.4 Å². The third-order valence-corrected chi connectivity index (χ3v) is 3.92. The van der Waals surface area contributed by atoms with Crippen LogP contribution in [-0.4, -0.2) is 24.9 Å². The van der Waals surface area contributed by atoms with E-state index in [2.05, 4.69) is 9.97 Å². The Morgan fingerprint density at radius 2 is 2.20 bits per heavy atom. The highest BCUT2D eigenvalue weighted by Crippen LogP contribution is 2.21. The van der Waals surface area contributed by atoms with Crippen molar-refractivity contribution in [2.24, 2.45) is 7.05 Å². The molecule has 0 atom stereocenters. The number of allylic oxidation sites excluding steroid dienone is 1. The number of aromatic amines is 1. The third kappa shape index (κ3) is 2.69. The van der Waals surface area contributed by atoms with Crippen LogP contribution in [0.3, 0.4) is 0 Å². The van der Waals surface area contributed by atoms with E-state index in [1.807, 2.05) is 13.0 Å². The van der Waals surface area contributed by atoms with Gasteiger partial charge in [0.25, 0.3) is 5.56 Å². The first kappa shape index (κ1) is 14.9.